The average molecular weight is 610 g/mol. The first-order valence-corrected chi connectivity index (χ1v) is 15.3. The Morgan fingerprint density at radius 3 is 2.30 bits per heavy atom. The van der Waals surface area contributed by atoms with E-state index in [0.29, 0.717) is 18.0 Å². The number of esters is 1. The van der Waals surface area contributed by atoms with Crippen molar-refractivity contribution < 1.29 is 24.2 Å². The molecule has 0 saturated carbocycles. The molecule has 2 aromatic heterocycles. The fourth-order valence-electron chi connectivity index (χ4n) is 4.60. The Balaban J connectivity index is 1.36. The van der Waals surface area contributed by atoms with Crippen LogP contribution in [0.1, 0.15) is 100 Å². The topological polar surface area (TPSA) is 202 Å². The van der Waals surface area contributed by atoms with Crippen LogP contribution in [0.4, 0.5) is 11.6 Å². The summed E-state index contributed by atoms with van der Waals surface area (Å²) in [5.74, 6) is -2.32. The summed E-state index contributed by atoms with van der Waals surface area (Å²) in [6.45, 7) is 2.78. The number of nitrogens with two attached hydrogens (primary N) is 1. The summed E-state index contributed by atoms with van der Waals surface area (Å²) in [4.78, 5) is 63.2. The average Bonchev–Trinajstić information content (AvgIpc) is 3.01. The molecule has 3 rings (SSSR count). The fourth-order valence-corrected chi connectivity index (χ4v) is 4.60. The number of carboxylic acid groups (broad SMARTS) is 1. The minimum Gasteiger partial charge on any atom is -0.480 e. The number of unbranched alkanes of at least 4 members (excludes halogenated alkanes) is 9. The summed E-state index contributed by atoms with van der Waals surface area (Å²) < 4.78 is 5.25. The van der Waals surface area contributed by atoms with Gasteiger partial charge in [-0.2, -0.15) is 4.98 Å². The van der Waals surface area contributed by atoms with Crippen LogP contribution in [0, 0.1) is 0 Å². The van der Waals surface area contributed by atoms with Crippen LogP contribution in [-0.4, -0.2) is 55.5 Å². The molecule has 0 aliphatic heterocycles. The molecule has 2 heterocycles. The molecule has 1 amide bonds. The highest BCUT2D eigenvalue weighted by molar-refractivity contribution is 5.97. The van der Waals surface area contributed by atoms with Crippen molar-refractivity contribution in [2.24, 2.45) is 0 Å². The second-order valence-electron chi connectivity index (χ2n) is 10.7. The lowest BCUT2D eigenvalue weighted by atomic mass is 10.1. The molecule has 238 valence electrons. The fraction of sp³-hybridized carbons (Fsp3) is 0.516. The second-order valence-corrected chi connectivity index (χ2v) is 10.7. The summed E-state index contributed by atoms with van der Waals surface area (Å²) in [5, 5.41) is 15.1. The molecule has 1 atom stereocenters. The number of rotatable bonds is 20. The molecule has 6 N–H and O–H groups in total. The van der Waals surface area contributed by atoms with Gasteiger partial charge < -0.3 is 26.2 Å². The van der Waals surface area contributed by atoms with E-state index in [1.807, 2.05) is 0 Å². The largest absolute Gasteiger partial charge is 0.480 e. The van der Waals surface area contributed by atoms with E-state index in [4.69, 9.17) is 10.5 Å². The summed E-state index contributed by atoms with van der Waals surface area (Å²) in [5.41, 5.74) is 6.65. The Morgan fingerprint density at radius 2 is 1.64 bits per heavy atom. The van der Waals surface area contributed by atoms with Gasteiger partial charge in [-0.05, 0) is 37.1 Å². The number of aliphatic carboxylic acids is 1. The van der Waals surface area contributed by atoms with Gasteiger partial charge in [0.2, 0.25) is 5.95 Å². The van der Waals surface area contributed by atoms with Gasteiger partial charge in [-0.25, -0.2) is 14.8 Å². The number of carbonyl (C=O) groups excluding carboxylic acids is 2. The minimum absolute atomic E-state index is 0.0428. The van der Waals surface area contributed by atoms with Gasteiger partial charge in [-0.1, -0.05) is 64.7 Å². The highest BCUT2D eigenvalue weighted by Gasteiger charge is 2.22. The number of carboxylic acids is 1. The van der Waals surface area contributed by atoms with Crippen LogP contribution in [0.3, 0.4) is 0 Å². The molecule has 1 aromatic carbocycles. The number of ether oxygens (including phenoxy) is 1. The number of aromatic nitrogens is 4. The molecule has 0 aliphatic rings. The van der Waals surface area contributed by atoms with E-state index in [9.17, 15) is 24.3 Å². The monoisotopic (exact) mass is 609 g/mol. The van der Waals surface area contributed by atoms with E-state index >= 15 is 0 Å². The first-order chi connectivity index (χ1) is 21.3. The van der Waals surface area contributed by atoms with Gasteiger partial charge in [-0.15, -0.1) is 0 Å². The van der Waals surface area contributed by atoms with E-state index in [-0.39, 0.29) is 42.1 Å². The van der Waals surface area contributed by atoms with Gasteiger partial charge >= 0.3 is 11.9 Å². The van der Waals surface area contributed by atoms with Crippen molar-refractivity contribution in [3.63, 3.8) is 0 Å². The summed E-state index contributed by atoms with van der Waals surface area (Å²) >= 11 is 0. The van der Waals surface area contributed by atoms with Gasteiger partial charge in [0.25, 0.3) is 11.5 Å². The normalized spacial score (nSPS) is 11.7. The molecular formula is C31H43N7O6. The minimum atomic E-state index is -1.23. The van der Waals surface area contributed by atoms with Crippen LogP contribution in [0.25, 0.3) is 11.2 Å². The quantitative estimate of drug-likeness (QED) is 0.0901. The molecular weight excluding hydrogens is 566 g/mol. The lowest BCUT2D eigenvalue weighted by Gasteiger charge is -2.15. The number of hydrogen-bond acceptors (Lipinski definition) is 10. The molecule has 0 saturated heterocycles. The molecule has 0 radical (unpaired) electrons. The number of H-pyrrole nitrogens is 1. The van der Waals surface area contributed by atoms with Gasteiger partial charge in [-0.3, -0.25) is 19.4 Å². The zero-order valence-corrected chi connectivity index (χ0v) is 25.3. The maximum absolute atomic E-state index is 12.7. The van der Waals surface area contributed by atoms with Gasteiger partial charge in [0.05, 0.1) is 25.0 Å². The van der Waals surface area contributed by atoms with Crippen molar-refractivity contribution in [2.75, 3.05) is 17.7 Å². The van der Waals surface area contributed by atoms with Crippen LogP contribution in [0.5, 0.6) is 0 Å². The van der Waals surface area contributed by atoms with Crippen molar-refractivity contribution in [3.05, 3.63) is 52.1 Å². The third-order valence-electron chi connectivity index (χ3n) is 7.11. The van der Waals surface area contributed by atoms with E-state index < -0.39 is 29.4 Å². The van der Waals surface area contributed by atoms with Crippen molar-refractivity contribution in [2.45, 2.75) is 96.6 Å². The number of nitrogen functional groups attached to an aromatic ring is 1. The number of nitrogens with zero attached hydrogens (tertiary/aromatic N) is 3. The molecule has 0 spiro atoms. The Labute approximate surface area is 256 Å². The summed E-state index contributed by atoms with van der Waals surface area (Å²) in [6.07, 6.45) is 13.1. The van der Waals surface area contributed by atoms with Gasteiger partial charge in [0.15, 0.2) is 11.2 Å². The van der Waals surface area contributed by atoms with Crippen molar-refractivity contribution >= 4 is 40.6 Å². The van der Waals surface area contributed by atoms with Crippen LogP contribution in [0.2, 0.25) is 0 Å². The standard InChI is InChI=1S/C31H43N7O6/c1-2-3-4-5-6-7-8-9-10-11-18-44-25(39)17-16-24(30(42)43)36-28(40)21-12-14-22(15-13-21)33-19-23-20-34-27-26(35-23)29(41)38-31(32)37-27/h12-15,20,24,33H,2-11,16-19H2,1H3,(H,36,40)(H,42,43)(H3,32,34,37,38,41)/t24-/m0/s1. The van der Waals surface area contributed by atoms with Crippen LogP contribution < -0.4 is 21.9 Å². The number of nitrogens with one attached hydrogen (secondary N) is 3. The van der Waals surface area contributed by atoms with Gasteiger partial charge in [0.1, 0.15) is 6.04 Å². The first-order valence-electron chi connectivity index (χ1n) is 15.3. The van der Waals surface area contributed by atoms with Crippen LogP contribution >= 0.6 is 0 Å². The highest BCUT2D eigenvalue weighted by atomic mass is 16.5. The Bertz CT molecular complexity index is 1430. The molecule has 0 fully saturated rings. The van der Waals surface area contributed by atoms with E-state index in [1.54, 1.807) is 24.3 Å². The number of amides is 1. The smallest absolute Gasteiger partial charge is 0.326 e. The molecule has 44 heavy (non-hydrogen) atoms. The predicted molar refractivity (Wildman–Crippen MR) is 167 cm³/mol. The second kappa shape index (κ2) is 18.2. The highest BCUT2D eigenvalue weighted by Crippen LogP contribution is 2.13. The summed E-state index contributed by atoms with van der Waals surface area (Å²) in [7, 11) is 0. The molecule has 0 unspecified atom stereocenters. The zero-order valence-electron chi connectivity index (χ0n) is 25.3. The maximum Gasteiger partial charge on any atom is 0.326 e. The lowest BCUT2D eigenvalue weighted by molar-refractivity contribution is -0.144. The Hall–Kier alpha value is -4.55. The van der Waals surface area contributed by atoms with E-state index in [1.165, 1.54) is 51.1 Å². The number of benzene rings is 1. The zero-order chi connectivity index (χ0) is 31.7. The SMILES string of the molecule is CCCCCCCCCCCCOC(=O)CC[C@H](NC(=O)c1ccc(NCc2cnc3nc(N)[nH]c(=O)c3n2)cc1)C(=O)O. The van der Waals surface area contributed by atoms with Crippen molar-refractivity contribution in [1.82, 2.24) is 25.3 Å². The predicted octanol–water partition coefficient (Wildman–Crippen LogP) is 4.33. The third-order valence-corrected chi connectivity index (χ3v) is 7.11. The number of anilines is 2. The number of aromatic amines is 1. The first kappa shape index (κ1) is 33.9. The maximum atomic E-state index is 12.7. The lowest BCUT2D eigenvalue weighted by Crippen LogP contribution is -2.41. The summed E-state index contributed by atoms with van der Waals surface area (Å²) in [6, 6.07) is 5.16. The van der Waals surface area contributed by atoms with Crippen LogP contribution in [-0.2, 0) is 20.9 Å². The van der Waals surface area contributed by atoms with Crippen molar-refractivity contribution in [3.8, 4) is 0 Å². The Kier molecular flexibility index (Phi) is 14.0. The number of fused-ring (bicyclic) bond motifs is 1. The third kappa shape index (κ3) is 11.6. The van der Waals surface area contributed by atoms with E-state index in [0.717, 1.165) is 19.3 Å². The molecule has 0 aliphatic carbocycles. The molecule has 13 nitrogen and oxygen atoms in total. The van der Waals surface area contributed by atoms with Gasteiger partial charge in [0, 0.05) is 17.7 Å². The Morgan fingerprint density at radius 1 is 0.977 bits per heavy atom. The van der Waals surface area contributed by atoms with Crippen LogP contribution in [0.15, 0.2) is 35.3 Å². The number of hydrogen-bond donors (Lipinski definition) is 5. The molecule has 0 bridgehead atoms. The van der Waals surface area contributed by atoms with Crippen molar-refractivity contribution in [1.29, 1.82) is 0 Å². The molecule has 13 heteroatoms. The number of carbonyl (C=O) groups is 3. The molecule has 3 aromatic rings. The van der Waals surface area contributed by atoms with E-state index in [2.05, 4.69) is 37.5 Å².